The van der Waals surface area contributed by atoms with Crippen LogP contribution < -0.4 is 11.1 Å². The van der Waals surface area contributed by atoms with Crippen LogP contribution in [-0.2, 0) is 11.2 Å². The molecule has 3 fully saturated rings. The number of fused-ring (bicyclic) bond motifs is 1. The second-order valence-corrected chi connectivity index (χ2v) is 8.99. The zero-order valence-electron chi connectivity index (χ0n) is 16.0. The van der Waals surface area contributed by atoms with Crippen molar-refractivity contribution in [3.63, 3.8) is 0 Å². The van der Waals surface area contributed by atoms with Crippen LogP contribution in [0.15, 0.2) is 18.2 Å². The molecular weight excluding hydrogens is 381 g/mol. The van der Waals surface area contributed by atoms with E-state index in [4.69, 9.17) is 10.7 Å². The fourth-order valence-electron chi connectivity index (χ4n) is 4.89. The number of benzene rings is 1. The molecule has 1 amide bonds. The molecule has 0 bridgehead atoms. The van der Waals surface area contributed by atoms with Crippen molar-refractivity contribution >= 4 is 16.9 Å². The number of nitrogens with zero attached hydrogens (tertiary/aromatic N) is 1. The smallest absolute Gasteiger partial charge is 0.344 e. The van der Waals surface area contributed by atoms with Gasteiger partial charge in [-0.3, -0.25) is 4.79 Å². The van der Waals surface area contributed by atoms with Crippen molar-refractivity contribution in [2.45, 2.75) is 56.8 Å². The summed E-state index contributed by atoms with van der Waals surface area (Å²) in [5.74, 6) is 1.49. The fraction of sp³-hybridized carbons (Fsp3) is 0.619. The predicted molar refractivity (Wildman–Crippen MR) is 102 cm³/mol. The standard InChI is InChI=1S/C21H25F3N4O/c22-21(23,24)16-9-13(20(29)28-16)7-10-1-6-14-15(8-10)27-19(26-14)18(25)17(11-2-3-11)12-4-5-12/h1,6,8,11-13,16-18H,2-5,7,9,25H2,(H,26,27)(H,28,29)/t13?,16?,18-/m0/s1. The van der Waals surface area contributed by atoms with E-state index in [0.29, 0.717) is 17.8 Å². The van der Waals surface area contributed by atoms with Gasteiger partial charge in [0.25, 0.3) is 0 Å². The molecule has 2 aromatic rings. The number of rotatable bonds is 6. The average molecular weight is 406 g/mol. The zero-order chi connectivity index (χ0) is 20.3. The molecule has 3 aliphatic rings. The Morgan fingerprint density at radius 3 is 2.45 bits per heavy atom. The highest BCUT2D eigenvalue weighted by atomic mass is 19.4. The van der Waals surface area contributed by atoms with Crippen molar-refractivity contribution in [1.82, 2.24) is 15.3 Å². The summed E-state index contributed by atoms with van der Waals surface area (Å²) in [6.07, 6.45) is 0.657. The number of halogens is 3. The molecule has 0 radical (unpaired) electrons. The molecule has 2 saturated carbocycles. The first-order valence-corrected chi connectivity index (χ1v) is 10.4. The van der Waals surface area contributed by atoms with Gasteiger partial charge in [0.2, 0.25) is 5.91 Å². The molecule has 2 unspecified atom stereocenters. The summed E-state index contributed by atoms with van der Waals surface area (Å²) in [5.41, 5.74) is 9.01. The molecule has 2 aliphatic carbocycles. The molecule has 1 saturated heterocycles. The largest absolute Gasteiger partial charge is 0.408 e. The van der Waals surface area contributed by atoms with Gasteiger partial charge in [-0.15, -0.1) is 0 Å². The van der Waals surface area contributed by atoms with Gasteiger partial charge in [-0.2, -0.15) is 13.2 Å². The Balaban J connectivity index is 1.32. The highest BCUT2D eigenvalue weighted by Crippen LogP contribution is 2.53. The van der Waals surface area contributed by atoms with Crippen LogP contribution in [0.5, 0.6) is 0 Å². The quantitative estimate of drug-likeness (QED) is 0.685. The lowest BCUT2D eigenvalue weighted by atomic mass is 9.89. The molecule has 156 valence electrons. The van der Waals surface area contributed by atoms with E-state index in [0.717, 1.165) is 22.4 Å². The van der Waals surface area contributed by atoms with Crippen molar-refractivity contribution in [3.8, 4) is 0 Å². The first-order chi connectivity index (χ1) is 13.8. The summed E-state index contributed by atoms with van der Waals surface area (Å²) in [6, 6.07) is 3.73. The monoisotopic (exact) mass is 406 g/mol. The van der Waals surface area contributed by atoms with Crippen molar-refractivity contribution in [2.75, 3.05) is 0 Å². The minimum absolute atomic E-state index is 0.112. The average Bonchev–Trinajstić information content (AvgIpc) is 3.58. The van der Waals surface area contributed by atoms with E-state index in [1.165, 1.54) is 25.7 Å². The number of hydrogen-bond acceptors (Lipinski definition) is 3. The molecule has 8 heteroatoms. The Labute approximate surface area is 166 Å². The number of aromatic amines is 1. The molecule has 1 aromatic heterocycles. The summed E-state index contributed by atoms with van der Waals surface area (Å²) in [7, 11) is 0. The number of alkyl halides is 3. The van der Waals surface area contributed by atoms with Crippen LogP contribution >= 0.6 is 0 Å². The van der Waals surface area contributed by atoms with Crippen LogP contribution in [0.25, 0.3) is 11.0 Å². The second kappa shape index (κ2) is 6.72. The van der Waals surface area contributed by atoms with Crippen molar-refractivity contribution in [3.05, 3.63) is 29.6 Å². The van der Waals surface area contributed by atoms with Crippen LogP contribution in [-0.4, -0.2) is 28.1 Å². The van der Waals surface area contributed by atoms with Gasteiger partial charge in [0.05, 0.1) is 17.1 Å². The van der Waals surface area contributed by atoms with Gasteiger partial charge >= 0.3 is 6.18 Å². The first-order valence-electron chi connectivity index (χ1n) is 10.4. The predicted octanol–water partition coefficient (Wildman–Crippen LogP) is 3.61. The summed E-state index contributed by atoms with van der Waals surface area (Å²) < 4.78 is 38.6. The Morgan fingerprint density at radius 2 is 1.86 bits per heavy atom. The molecule has 1 aliphatic heterocycles. The van der Waals surface area contributed by atoms with E-state index >= 15 is 0 Å². The van der Waals surface area contributed by atoms with E-state index in [9.17, 15) is 18.0 Å². The van der Waals surface area contributed by atoms with Gasteiger partial charge < -0.3 is 16.0 Å². The van der Waals surface area contributed by atoms with E-state index in [-0.39, 0.29) is 18.9 Å². The lowest BCUT2D eigenvalue weighted by Crippen LogP contribution is -2.38. The van der Waals surface area contributed by atoms with Crippen LogP contribution in [0.1, 0.15) is 49.5 Å². The number of H-pyrrole nitrogens is 1. The Kier molecular flexibility index (Phi) is 4.38. The number of hydrogen-bond donors (Lipinski definition) is 3. The van der Waals surface area contributed by atoms with Gasteiger partial charge in [-0.1, -0.05) is 6.07 Å². The van der Waals surface area contributed by atoms with Gasteiger partial charge in [-0.25, -0.2) is 4.98 Å². The van der Waals surface area contributed by atoms with Crippen LogP contribution in [0.3, 0.4) is 0 Å². The lowest BCUT2D eigenvalue weighted by Gasteiger charge is -2.21. The van der Waals surface area contributed by atoms with Crippen molar-refractivity contribution in [1.29, 1.82) is 0 Å². The normalized spacial score (nSPS) is 26.3. The number of nitrogens with two attached hydrogens (primary N) is 1. The van der Waals surface area contributed by atoms with E-state index in [1.54, 1.807) is 0 Å². The van der Waals surface area contributed by atoms with E-state index < -0.39 is 24.0 Å². The van der Waals surface area contributed by atoms with Gasteiger partial charge in [-0.05, 0) is 74.0 Å². The Hall–Kier alpha value is -2.09. The number of amides is 1. The van der Waals surface area contributed by atoms with Crippen LogP contribution in [0, 0.1) is 23.7 Å². The third kappa shape index (κ3) is 3.74. The number of carbonyl (C=O) groups excluding carboxylic acids is 1. The highest BCUT2D eigenvalue weighted by Gasteiger charge is 2.48. The van der Waals surface area contributed by atoms with Gasteiger partial charge in [0.15, 0.2) is 0 Å². The van der Waals surface area contributed by atoms with Crippen molar-refractivity contribution in [2.24, 2.45) is 29.4 Å². The molecule has 5 rings (SSSR count). The van der Waals surface area contributed by atoms with Crippen molar-refractivity contribution < 1.29 is 18.0 Å². The minimum Gasteiger partial charge on any atom is -0.344 e. The van der Waals surface area contributed by atoms with Crippen LogP contribution in [0.4, 0.5) is 13.2 Å². The lowest BCUT2D eigenvalue weighted by molar-refractivity contribution is -0.154. The maximum absolute atomic E-state index is 12.9. The molecule has 3 atom stereocenters. The molecule has 5 nitrogen and oxygen atoms in total. The maximum atomic E-state index is 12.9. The summed E-state index contributed by atoms with van der Waals surface area (Å²) in [5, 5.41) is 2.06. The Bertz CT molecular complexity index is 920. The van der Waals surface area contributed by atoms with Gasteiger partial charge in [0.1, 0.15) is 11.9 Å². The Morgan fingerprint density at radius 1 is 1.17 bits per heavy atom. The SMILES string of the molecule is N[C@H](c1nc2cc(CC3CC(C(F)(F)F)NC3=O)ccc2[nH]1)C(C1CC1)C1CC1. The third-order valence-corrected chi connectivity index (χ3v) is 6.71. The van der Waals surface area contributed by atoms with Crippen LogP contribution in [0.2, 0.25) is 0 Å². The highest BCUT2D eigenvalue weighted by molar-refractivity contribution is 5.82. The summed E-state index contributed by atoms with van der Waals surface area (Å²) >= 11 is 0. The third-order valence-electron chi connectivity index (χ3n) is 6.71. The van der Waals surface area contributed by atoms with Gasteiger partial charge in [0, 0.05) is 5.92 Å². The van der Waals surface area contributed by atoms with E-state index in [2.05, 4.69) is 10.3 Å². The number of imidazole rings is 1. The number of nitrogens with one attached hydrogen (secondary N) is 2. The summed E-state index contributed by atoms with van der Waals surface area (Å²) in [4.78, 5) is 20.0. The summed E-state index contributed by atoms with van der Waals surface area (Å²) in [6.45, 7) is 0. The first kappa shape index (κ1) is 18.9. The second-order valence-electron chi connectivity index (χ2n) is 8.99. The molecule has 29 heavy (non-hydrogen) atoms. The van der Waals surface area contributed by atoms with E-state index in [1.807, 2.05) is 18.2 Å². The molecule has 4 N–H and O–H groups in total. The molecule has 1 aromatic carbocycles. The number of aromatic nitrogens is 2. The fourth-order valence-corrected chi connectivity index (χ4v) is 4.89. The topological polar surface area (TPSA) is 83.8 Å². The number of carbonyl (C=O) groups is 1. The molecular formula is C21H25F3N4O. The molecule has 2 heterocycles. The zero-order valence-corrected chi connectivity index (χ0v) is 16.0. The molecule has 0 spiro atoms. The maximum Gasteiger partial charge on any atom is 0.408 e. The minimum atomic E-state index is -4.40.